The summed E-state index contributed by atoms with van der Waals surface area (Å²) in [5.41, 5.74) is 6.12. The first-order valence-corrected chi connectivity index (χ1v) is 4.33. The van der Waals surface area contributed by atoms with E-state index in [0.717, 1.165) is 18.9 Å². The molecule has 14 heavy (non-hydrogen) atoms. The van der Waals surface area contributed by atoms with Crippen LogP contribution in [0.2, 0.25) is 0 Å². The van der Waals surface area contributed by atoms with Crippen LogP contribution < -0.4 is 5.73 Å². The van der Waals surface area contributed by atoms with Crippen molar-refractivity contribution >= 4 is 12.4 Å². The average molecular weight is 220 g/mol. The molecule has 0 unspecified atom stereocenters. The van der Waals surface area contributed by atoms with Crippen LogP contribution in [-0.4, -0.2) is 6.54 Å². The predicted octanol–water partition coefficient (Wildman–Crippen LogP) is 2.38. The van der Waals surface area contributed by atoms with Crippen LogP contribution in [0.4, 0.5) is 8.78 Å². The normalized spacial score (nSPS) is 17.4. The minimum atomic E-state index is -0.519. The highest BCUT2D eigenvalue weighted by Crippen LogP contribution is 2.47. The van der Waals surface area contributed by atoms with E-state index in [1.165, 1.54) is 12.1 Å². The molecule has 1 aromatic carbocycles. The first-order chi connectivity index (χ1) is 6.16. The number of benzene rings is 1. The summed E-state index contributed by atoms with van der Waals surface area (Å²) < 4.78 is 25.7. The molecule has 0 aromatic heterocycles. The second kappa shape index (κ2) is 3.83. The van der Waals surface area contributed by atoms with Gasteiger partial charge in [0.2, 0.25) is 0 Å². The zero-order valence-corrected chi connectivity index (χ0v) is 8.41. The van der Waals surface area contributed by atoms with E-state index in [1.807, 2.05) is 0 Å². The van der Waals surface area contributed by atoms with Crippen LogP contribution in [0.5, 0.6) is 0 Å². The summed E-state index contributed by atoms with van der Waals surface area (Å²) in [5, 5.41) is 0. The number of halogens is 3. The molecule has 2 N–H and O–H groups in total. The molecule has 1 fully saturated rings. The van der Waals surface area contributed by atoms with Gasteiger partial charge in [-0.3, -0.25) is 0 Å². The summed E-state index contributed by atoms with van der Waals surface area (Å²) in [5.74, 6) is -1.04. The third-order valence-corrected chi connectivity index (χ3v) is 2.72. The summed E-state index contributed by atoms with van der Waals surface area (Å²) in [6.07, 6.45) is 1.87. The van der Waals surface area contributed by atoms with Gasteiger partial charge in [0.1, 0.15) is 11.6 Å². The molecule has 1 aliphatic rings. The molecule has 2 rings (SSSR count). The Kier molecular flexibility index (Phi) is 3.12. The Morgan fingerprint density at radius 2 is 1.64 bits per heavy atom. The Morgan fingerprint density at radius 1 is 1.14 bits per heavy atom. The van der Waals surface area contributed by atoms with Crippen LogP contribution in [0, 0.1) is 11.6 Å². The molecule has 0 amide bonds. The SMILES string of the molecule is Cl.NCC1(c2cc(F)cc(F)c2)CC1. The molecule has 1 nitrogen and oxygen atoms in total. The van der Waals surface area contributed by atoms with Crippen LogP contribution in [0.1, 0.15) is 18.4 Å². The number of hydrogen-bond acceptors (Lipinski definition) is 1. The monoisotopic (exact) mass is 219 g/mol. The zero-order chi connectivity index (χ0) is 9.47. The van der Waals surface area contributed by atoms with Crippen LogP contribution in [-0.2, 0) is 5.41 Å². The quantitative estimate of drug-likeness (QED) is 0.812. The van der Waals surface area contributed by atoms with Gasteiger partial charge in [-0.15, -0.1) is 12.4 Å². The summed E-state index contributed by atoms with van der Waals surface area (Å²) in [6, 6.07) is 3.64. The fourth-order valence-electron chi connectivity index (χ4n) is 1.62. The molecule has 0 heterocycles. The van der Waals surface area contributed by atoms with Gasteiger partial charge >= 0.3 is 0 Å². The molecule has 0 bridgehead atoms. The summed E-state index contributed by atoms with van der Waals surface area (Å²) in [4.78, 5) is 0. The predicted molar refractivity (Wildman–Crippen MR) is 53.6 cm³/mol. The van der Waals surface area contributed by atoms with Crippen LogP contribution in [0.3, 0.4) is 0 Å². The molecule has 0 saturated heterocycles. The van der Waals surface area contributed by atoms with Gasteiger partial charge in [0.05, 0.1) is 0 Å². The Morgan fingerprint density at radius 3 is 2.00 bits per heavy atom. The molecule has 0 radical (unpaired) electrons. The molecule has 1 aromatic rings. The van der Waals surface area contributed by atoms with Crippen molar-refractivity contribution in [2.24, 2.45) is 5.73 Å². The topological polar surface area (TPSA) is 26.0 Å². The van der Waals surface area contributed by atoms with Crippen LogP contribution >= 0.6 is 12.4 Å². The molecular formula is C10H12ClF2N. The van der Waals surface area contributed by atoms with E-state index >= 15 is 0 Å². The maximum Gasteiger partial charge on any atom is 0.126 e. The lowest BCUT2D eigenvalue weighted by atomic mass is 9.96. The van der Waals surface area contributed by atoms with Crippen LogP contribution in [0.15, 0.2) is 18.2 Å². The molecular weight excluding hydrogens is 208 g/mol. The van der Waals surface area contributed by atoms with Gasteiger partial charge in [-0.25, -0.2) is 8.78 Å². The molecule has 0 spiro atoms. The molecule has 78 valence electrons. The van der Waals surface area contributed by atoms with Crippen molar-refractivity contribution in [2.45, 2.75) is 18.3 Å². The fraction of sp³-hybridized carbons (Fsp3) is 0.400. The molecule has 1 aliphatic carbocycles. The Balaban J connectivity index is 0.000000980. The largest absolute Gasteiger partial charge is 0.330 e. The van der Waals surface area contributed by atoms with Crippen molar-refractivity contribution in [1.82, 2.24) is 0 Å². The van der Waals surface area contributed by atoms with Gasteiger partial charge < -0.3 is 5.73 Å². The van der Waals surface area contributed by atoms with Gasteiger partial charge in [0.15, 0.2) is 0 Å². The van der Waals surface area contributed by atoms with E-state index in [1.54, 1.807) is 0 Å². The minimum absolute atomic E-state index is 0. The second-order valence-electron chi connectivity index (χ2n) is 3.64. The van der Waals surface area contributed by atoms with E-state index in [9.17, 15) is 8.78 Å². The van der Waals surface area contributed by atoms with Gasteiger partial charge in [-0.1, -0.05) is 0 Å². The molecule has 0 atom stereocenters. The van der Waals surface area contributed by atoms with Gasteiger partial charge in [0, 0.05) is 18.0 Å². The summed E-state index contributed by atoms with van der Waals surface area (Å²) in [6.45, 7) is 0.468. The van der Waals surface area contributed by atoms with Crippen molar-refractivity contribution in [3.8, 4) is 0 Å². The highest BCUT2D eigenvalue weighted by molar-refractivity contribution is 5.85. The first kappa shape index (κ1) is 11.4. The number of rotatable bonds is 2. The van der Waals surface area contributed by atoms with E-state index in [2.05, 4.69) is 0 Å². The van der Waals surface area contributed by atoms with E-state index in [0.29, 0.717) is 12.1 Å². The maximum atomic E-state index is 12.8. The van der Waals surface area contributed by atoms with Crippen molar-refractivity contribution in [1.29, 1.82) is 0 Å². The van der Waals surface area contributed by atoms with Crippen molar-refractivity contribution in [3.63, 3.8) is 0 Å². The maximum absolute atomic E-state index is 12.8. The lowest BCUT2D eigenvalue weighted by molar-refractivity contribution is 0.570. The Hall–Kier alpha value is -0.670. The average Bonchev–Trinajstić information content (AvgIpc) is 2.82. The Bertz CT molecular complexity index is 317. The lowest BCUT2D eigenvalue weighted by Crippen LogP contribution is -2.19. The molecule has 0 aliphatic heterocycles. The van der Waals surface area contributed by atoms with Gasteiger partial charge in [-0.2, -0.15) is 0 Å². The van der Waals surface area contributed by atoms with Crippen molar-refractivity contribution < 1.29 is 8.78 Å². The summed E-state index contributed by atoms with van der Waals surface area (Å²) in [7, 11) is 0. The van der Waals surface area contributed by atoms with Crippen molar-refractivity contribution in [2.75, 3.05) is 6.54 Å². The minimum Gasteiger partial charge on any atom is -0.330 e. The van der Waals surface area contributed by atoms with Crippen LogP contribution in [0.25, 0.3) is 0 Å². The van der Waals surface area contributed by atoms with E-state index in [-0.39, 0.29) is 17.8 Å². The van der Waals surface area contributed by atoms with Crippen molar-refractivity contribution in [3.05, 3.63) is 35.4 Å². The standard InChI is InChI=1S/C10H11F2N.ClH/c11-8-3-7(4-9(12)5-8)10(6-13)1-2-10;/h3-5H,1-2,6,13H2;1H. The third-order valence-electron chi connectivity index (χ3n) is 2.72. The Labute approximate surface area is 87.7 Å². The van der Waals surface area contributed by atoms with Gasteiger partial charge in [0.25, 0.3) is 0 Å². The first-order valence-electron chi connectivity index (χ1n) is 4.33. The third kappa shape index (κ3) is 1.88. The van der Waals surface area contributed by atoms with E-state index < -0.39 is 11.6 Å². The highest BCUT2D eigenvalue weighted by atomic mass is 35.5. The molecule has 1 saturated carbocycles. The lowest BCUT2D eigenvalue weighted by Gasteiger charge is -2.12. The highest BCUT2D eigenvalue weighted by Gasteiger charge is 2.43. The number of hydrogen-bond donors (Lipinski definition) is 1. The molecule has 4 heteroatoms. The fourth-order valence-corrected chi connectivity index (χ4v) is 1.62. The van der Waals surface area contributed by atoms with Gasteiger partial charge in [-0.05, 0) is 30.5 Å². The smallest absolute Gasteiger partial charge is 0.126 e. The number of nitrogens with two attached hydrogens (primary N) is 1. The van der Waals surface area contributed by atoms with E-state index in [4.69, 9.17) is 5.73 Å². The summed E-state index contributed by atoms with van der Waals surface area (Å²) >= 11 is 0. The second-order valence-corrected chi connectivity index (χ2v) is 3.64. The zero-order valence-electron chi connectivity index (χ0n) is 7.59.